The maximum atomic E-state index is 5.78. The molecule has 1 aromatic rings. The van der Waals surface area contributed by atoms with Crippen molar-refractivity contribution in [3.05, 3.63) is 28.2 Å². The van der Waals surface area contributed by atoms with Gasteiger partial charge in [-0.1, -0.05) is 29.8 Å². The van der Waals surface area contributed by atoms with Crippen LogP contribution in [-0.4, -0.2) is 19.2 Å². The molecule has 1 saturated carbocycles. The lowest BCUT2D eigenvalue weighted by molar-refractivity contribution is 0.324. The number of ether oxygens (including phenoxy) is 1. The fraction of sp³-hybridized carbons (Fsp3) is 0.625. The van der Waals surface area contributed by atoms with E-state index in [1.54, 1.807) is 0 Å². The summed E-state index contributed by atoms with van der Waals surface area (Å²) in [5.74, 6) is 1.02. The number of benzene rings is 1. The smallest absolute Gasteiger partial charge is 0.123 e. The zero-order chi connectivity index (χ0) is 13.9. The summed E-state index contributed by atoms with van der Waals surface area (Å²) in [4.78, 5) is 0. The monoisotopic (exact) mass is 325 g/mol. The van der Waals surface area contributed by atoms with Crippen molar-refractivity contribution < 1.29 is 4.74 Å². The molecule has 1 aliphatic carbocycles. The zero-order valence-corrected chi connectivity index (χ0v) is 13.7. The van der Waals surface area contributed by atoms with Crippen LogP contribution in [-0.2, 0) is 5.41 Å². The molecule has 0 radical (unpaired) electrons. The van der Waals surface area contributed by atoms with Crippen LogP contribution < -0.4 is 10.1 Å². The van der Waals surface area contributed by atoms with Crippen LogP contribution in [0.4, 0.5) is 0 Å². The quantitative estimate of drug-likeness (QED) is 0.808. The predicted molar refractivity (Wildman–Crippen MR) is 84.0 cm³/mol. The first-order chi connectivity index (χ1) is 9.03. The second-order valence-corrected chi connectivity index (χ2v) is 6.85. The lowest BCUT2D eigenvalue weighted by Crippen LogP contribution is -2.27. The van der Waals surface area contributed by atoms with Gasteiger partial charge in [0.1, 0.15) is 5.75 Å². The first kappa shape index (κ1) is 14.9. The van der Waals surface area contributed by atoms with Crippen LogP contribution >= 0.6 is 15.9 Å². The van der Waals surface area contributed by atoms with Crippen molar-refractivity contribution in [3.8, 4) is 5.75 Å². The average Bonchev–Trinajstić information content (AvgIpc) is 3.15. The van der Waals surface area contributed by atoms with Gasteiger partial charge in [-0.3, -0.25) is 0 Å². The highest BCUT2D eigenvalue weighted by atomic mass is 79.9. The molecule has 0 atom stereocenters. The molecule has 3 heteroatoms. The molecule has 1 aromatic carbocycles. The summed E-state index contributed by atoms with van der Waals surface area (Å²) in [6, 6.07) is 7.10. The molecule has 106 valence electrons. The standard InChI is InChI=1S/C16H24BrNO/c1-4-19-15-8-5-12(17)11-14(15)16(2,3)9-10-18-13-6-7-13/h5,8,11,13,18H,4,6-7,9-10H2,1-3H3. The van der Waals surface area contributed by atoms with Gasteiger partial charge >= 0.3 is 0 Å². The molecule has 0 amide bonds. The van der Waals surface area contributed by atoms with Gasteiger partial charge in [0.05, 0.1) is 6.61 Å². The van der Waals surface area contributed by atoms with Crippen molar-refractivity contribution in [2.45, 2.75) is 51.5 Å². The first-order valence-electron chi connectivity index (χ1n) is 7.19. The molecule has 0 aliphatic heterocycles. The fourth-order valence-electron chi connectivity index (χ4n) is 2.32. The van der Waals surface area contributed by atoms with Crippen LogP contribution in [0.5, 0.6) is 5.75 Å². The number of hydrogen-bond acceptors (Lipinski definition) is 2. The number of halogens is 1. The molecule has 1 aliphatic rings. The summed E-state index contributed by atoms with van der Waals surface area (Å²) in [5, 5.41) is 3.60. The third kappa shape index (κ3) is 4.22. The largest absolute Gasteiger partial charge is 0.494 e. The van der Waals surface area contributed by atoms with Crippen molar-refractivity contribution >= 4 is 15.9 Å². The Kier molecular flexibility index (Phi) is 4.91. The van der Waals surface area contributed by atoms with E-state index in [4.69, 9.17) is 4.74 Å². The molecule has 19 heavy (non-hydrogen) atoms. The summed E-state index contributed by atoms with van der Waals surface area (Å²) >= 11 is 3.57. The molecule has 1 fully saturated rings. The highest BCUT2D eigenvalue weighted by molar-refractivity contribution is 9.10. The van der Waals surface area contributed by atoms with Gasteiger partial charge in [0.25, 0.3) is 0 Å². The highest BCUT2D eigenvalue weighted by Crippen LogP contribution is 2.36. The van der Waals surface area contributed by atoms with E-state index in [1.165, 1.54) is 18.4 Å². The maximum Gasteiger partial charge on any atom is 0.123 e. The second kappa shape index (κ2) is 6.27. The van der Waals surface area contributed by atoms with Gasteiger partial charge in [-0.25, -0.2) is 0 Å². The first-order valence-corrected chi connectivity index (χ1v) is 7.98. The van der Waals surface area contributed by atoms with Crippen LogP contribution in [0.25, 0.3) is 0 Å². The number of hydrogen-bond donors (Lipinski definition) is 1. The summed E-state index contributed by atoms with van der Waals surface area (Å²) in [5.41, 5.74) is 1.41. The molecule has 0 heterocycles. The second-order valence-electron chi connectivity index (χ2n) is 5.94. The minimum absolute atomic E-state index is 0.121. The third-order valence-electron chi connectivity index (χ3n) is 3.73. The molecule has 0 bridgehead atoms. The number of rotatable bonds is 7. The van der Waals surface area contributed by atoms with E-state index in [9.17, 15) is 0 Å². The fourth-order valence-corrected chi connectivity index (χ4v) is 2.68. The third-order valence-corrected chi connectivity index (χ3v) is 4.22. The van der Waals surface area contributed by atoms with Crippen molar-refractivity contribution in [1.29, 1.82) is 0 Å². The lowest BCUT2D eigenvalue weighted by atomic mass is 9.81. The summed E-state index contributed by atoms with van der Waals surface area (Å²) in [6.45, 7) is 8.42. The van der Waals surface area contributed by atoms with Gasteiger partial charge in [0, 0.05) is 16.1 Å². The Balaban J connectivity index is 2.09. The van der Waals surface area contributed by atoms with Crippen LogP contribution in [0.15, 0.2) is 22.7 Å². The summed E-state index contributed by atoms with van der Waals surface area (Å²) < 4.78 is 6.90. The van der Waals surface area contributed by atoms with Gasteiger partial charge in [-0.2, -0.15) is 0 Å². The summed E-state index contributed by atoms with van der Waals surface area (Å²) in [7, 11) is 0. The van der Waals surface area contributed by atoms with Crippen LogP contribution in [0.1, 0.15) is 45.6 Å². The Bertz CT molecular complexity index is 427. The van der Waals surface area contributed by atoms with Crippen LogP contribution in [0.3, 0.4) is 0 Å². The molecular formula is C16H24BrNO. The Morgan fingerprint density at radius 2 is 2.11 bits per heavy atom. The van der Waals surface area contributed by atoms with Gasteiger partial charge in [0.15, 0.2) is 0 Å². The average molecular weight is 326 g/mol. The predicted octanol–water partition coefficient (Wildman–Crippen LogP) is 4.27. The molecule has 0 aromatic heterocycles. The van der Waals surface area contributed by atoms with Crippen molar-refractivity contribution in [2.75, 3.05) is 13.2 Å². The molecule has 0 saturated heterocycles. The molecule has 2 nitrogen and oxygen atoms in total. The Morgan fingerprint density at radius 1 is 1.37 bits per heavy atom. The highest BCUT2D eigenvalue weighted by Gasteiger charge is 2.26. The van der Waals surface area contributed by atoms with E-state index in [0.29, 0.717) is 6.61 Å². The van der Waals surface area contributed by atoms with Gasteiger partial charge in [0.2, 0.25) is 0 Å². The van der Waals surface area contributed by atoms with E-state index in [2.05, 4.69) is 47.2 Å². The van der Waals surface area contributed by atoms with E-state index in [-0.39, 0.29) is 5.41 Å². The van der Waals surface area contributed by atoms with Gasteiger partial charge in [-0.15, -0.1) is 0 Å². The van der Waals surface area contributed by atoms with Crippen molar-refractivity contribution in [1.82, 2.24) is 5.32 Å². The van der Waals surface area contributed by atoms with E-state index >= 15 is 0 Å². The molecule has 0 unspecified atom stereocenters. The SMILES string of the molecule is CCOc1ccc(Br)cc1C(C)(C)CCNC1CC1. The van der Waals surface area contributed by atoms with E-state index in [0.717, 1.165) is 29.2 Å². The van der Waals surface area contributed by atoms with E-state index in [1.807, 2.05) is 13.0 Å². The Hall–Kier alpha value is -0.540. The summed E-state index contributed by atoms with van der Waals surface area (Å²) in [6.07, 6.45) is 3.82. The Labute approximate surface area is 125 Å². The van der Waals surface area contributed by atoms with Crippen molar-refractivity contribution in [2.24, 2.45) is 0 Å². The Morgan fingerprint density at radius 3 is 2.74 bits per heavy atom. The minimum Gasteiger partial charge on any atom is -0.494 e. The van der Waals surface area contributed by atoms with Crippen LogP contribution in [0.2, 0.25) is 0 Å². The van der Waals surface area contributed by atoms with Gasteiger partial charge < -0.3 is 10.1 Å². The lowest BCUT2D eigenvalue weighted by Gasteiger charge is -2.28. The normalized spacial score (nSPS) is 15.6. The topological polar surface area (TPSA) is 21.3 Å². The molecule has 1 N–H and O–H groups in total. The molecule has 2 rings (SSSR count). The van der Waals surface area contributed by atoms with E-state index < -0.39 is 0 Å². The molecule has 0 spiro atoms. The molecular weight excluding hydrogens is 302 g/mol. The minimum atomic E-state index is 0.121. The maximum absolute atomic E-state index is 5.78. The number of nitrogens with one attached hydrogen (secondary N) is 1. The van der Waals surface area contributed by atoms with Gasteiger partial charge in [-0.05, 0) is 56.3 Å². The van der Waals surface area contributed by atoms with Crippen LogP contribution in [0, 0.1) is 0 Å². The van der Waals surface area contributed by atoms with Crippen molar-refractivity contribution in [3.63, 3.8) is 0 Å². The zero-order valence-electron chi connectivity index (χ0n) is 12.1.